The lowest BCUT2D eigenvalue weighted by Crippen LogP contribution is -2.66. The maximum atomic E-state index is 13.2. The molecule has 7 heteroatoms. The summed E-state index contributed by atoms with van der Waals surface area (Å²) >= 11 is 0. The fraction of sp³-hybridized carbons (Fsp3) is 0.565. The molecule has 0 amide bonds. The second-order valence-electron chi connectivity index (χ2n) is 17.8. The van der Waals surface area contributed by atoms with E-state index in [1.54, 1.807) is 5.57 Å². The molecule has 5 atom stereocenters. The summed E-state index contributed by atoms with van der Waals surface area (Å²) in [7, 11) is -5.85. The van der Waals surface area contributed by atoms with Crippen molar-refractivity contribution in [2.24, 2.45) is 11.8 Å². The molecular weight excluding hydrogens is 705 g/mol. The smallest absolute Gasteiger partial charge is 0.261 e. The van der Waals surface area contributed by atoms with E-state index < -0.39 is 27.4 Å². The predicted molar refractivity (Wildman–Crippen MR) is 230 cm³/mol. The molecule has 3 aromatic rings. The molecule has 5 rings (SSSR count). The predicted octanol–water partition coefficient (Wildman–Crippen LogP) is 10.8. The lowest BCUT2D eigenvalue weighted by Gasteiger charge is -2.47. The quantitative estimate of drug-likeness (QED) is 0.0779. The molecule has 53 heavy (non-hydrogen) atoms. The number of rotatable bonds is 17. The minimum Gasteiger partial charge on any atom is -0.409 e. The molecule has 0 aliphatic heterocycles. The van der Waals surface area contributed by atoms with Gasteiger partial charge >= 0.3 is 0 Å². The Bertz CT molecular complexity index is 1570. The maximum Gasteiger partial charge on any atom is 0.261 e. The second kappa shape index (κ2) is 18.2. The summed E-state index contributed by atoms with van der Waals surface area (Å²) in [5.74, 6) is 1.58. The first-order valence-electron chi connectivity index (χ1n) is 20.4. The van der Waals surface area contributed by atoms with E-state index in [1.165, 1.54) is 22.4 Å². The van der Waals surface area contributed by atoms with Gasteiger partial charge in [-0.3, -0.25) is 4.21 Å². The lowest BCUT2D eigenvalue weighted by atomic mass is 9.77. The fourth-order valence-corrected chi connectivity index (χ4v) is 21.3. The van der Waals surface area contributed by atoms with Gasteiger partial charge in [0.15, 0.2) is 0 Å². The molecule has 0 radical (unpaired) electrons. The number of hydrogen-bond acceptors (Lipinski definition) is 4. The van der Waals surface area contributed by atoms with Gasteiger partial charge in [-0.1, -0.05) is 148 Å². The lowest BCUT2D eigenvalue weighted by molar-refractivity contribution is 0.0774. The topological polar surface area (TPSA) is 44.8 Å². The van der Waals surface area contributed by atoms with Gasteiger partial charge in [-0.2, -0.15) is 0 Å². The minimum absolute atomic E-state index is 0.0280. The van der Waals surface area contributed by atoms with Crippen molar-refractivity contribution in [3.05, 3.63) is 102 Å². The molecule has 2 aliphatic carbocycles. The highest BCUT2D eigenvalue weighted by Crippen LogP contribution is 2.51. The molecule has 3 aromatic carbocycles. The van der Waals surface area contributed by atoms with Crippen LogP contribution < -0.4 is 10.4 Å². The van der Waals surface area contributed by atoms with Crippen molar-refractivity contribution >= 4 is 37.8 Å². The molecule has 1 saturated carbocycles. The highest BCUT2D eigenvalue weighted by molar-refractivity contribution is 7.85. The van der Waals surface area contributed by atoms with Gasteiger partial charge in [0.2, 0.25) is 8.32 Å². The largest absolute Gasteiger partial charge is 0.409 e. The van der Waals surface area contributed by atoms with Crippen molar-refractivity contribution in [3.63, 3.8) is 0 Å². The van der Waals surface area contributed by atoms with Crippen LogP contribution in [-0.4, -0.2) is 52.0 Å². The van der Waals surface area contributed by atoms with Crippen LogP contribution in [0.4, 0.5) is 0 Å². The molecule has 0 aromatic heterocycles. The molecule has 0 spiro atoms. The minimum atomic E-state index is -2.64. The standard InChI is InChI=1S/C46H68O4SSi2/c1-34(2)52(35(3)4,36(5)6)50-44-32-37(7)31-38-33-43(48-29-30-51(47)39-21-14-11-15-22-39)42(45(38)44)27-20-28-49-53(46(8,9)10,40-23-16-12-17-24-40)41-25-18-13-19-26-41/h11-19,21-26,34-38,43-44H,20,27-33H2,1-10H3/t37-,38-,43+,44+,51?/m1/s1. The molecule has 0 bridgehead atoms. The van der Waals surface area contributed by atoms with E-state index in [0.717, 1.165) is 30.6 Å². The Morgan fingerprint density at radius 2 is 1.25 bits per heavy atom. The van der Waals surface area contributed by atoms with Gasteiger partial charge in [0.05, 0.1) is 35.4 Å². The molecular formula is C46H68O4SSi2. The third kappa shape index (κ3) is 9.13. The van der Waals surface area contributed by atoms with Gasteiger partial charge in [-0.15, -0.1) is 0 Å². The first-order chi connectivity index (χ1) is 25.2. The van der Waals surface area contributed by atoms with E-state index in [2.05, 4.69) is 130 Å². The van der Waals surface area contributed by atoms with Gasteiger partial charge in [0.25, 0.3) is 8.32 Å². The van der Waals surface area contributed by atoms with Crippen LogP contribution in [0.2, 0.25) is 21.7 Å². The molecule has 1 fully saturated rings. The first kappa shape index (κ1) is 42.0. The van der Waals surface area contributed by atoms with Crippen LogP contribution in [0.3, 0.4) is 0 Å². The molecule has 1 unspecified atom stereocenters. The Morgan fingerprint density at radius 3 is 1.75 bits per heavy atom. The van der Waals surface area contributed by atoms with Crippen LogP contribution in [0, 0.1) is 11.8 Å². The van der Waals surface area contributed by atoms with Crippen LogP contribution in [0.1, 0.15) is 101 Å². The SMILES string of the molecule is CC(C)[Si](O[C@H]1C[C@H](C)C[C@@H]2C[C@H](OCCS(=O)c3ccccc3)C(CCCO[Si](c3ccccc3)(c3ccccc3)C(C)(C)C)=C21)(C(C)C)C(C)C. The normalized spacial score (nSPS) is 21.8. The molecule has 2 aliphatic rings. The van der Waals surface area contributed by atoms with Crippen LogP contribution in [0.5, 0.6) is 0 Å². The van der Waals surface area contributed by atoms with Gasteiger partial charge < -0.3 is 13.6 Å². The molecule has 0 heterocycles. The van der Waals surface area contributed by atoms with E-state index in [-0.39, 0.29) is 17.2 Å². The molecule has 0 N–H and O–H groups in total. The van der Waals surface area contributed by atoms with Crippen LogP contribution in [0.15, 0.2) is 107 Å². The number of benzene rings is 3. The van der Waals surface area contributed by atoms with Gasteiger partial charge in [0, 0.05) is 11.5 Å². The summed E-state index contributed by atoms with van der Waals surface area (Å²) in [6, 6.07) is 31.8. The van der Waals surface area contributed by atoms with Crippen molar-refractivity contribution in [2.75, 3.05) is 19.0 Å². The third-order valence-electron chi connectivity index (χ3n) is 12.3. The summed E-state index contributed by atoms with van der Waals surface area (Å²) < 4.78 is 35.1. The molecule has 290 valence electrons. The highest BCUT2D eigenvalue weighted by atomic mass is 32.2. The number of ether oxygens (including phenoxy) is 1. The van der Waals surface area contributed by atoms with Gasteiger partial charge in [0.1, 0.15) is 0 Å². The number of fused-ring (bicyclic) bond motifs is 1. The fourth-order valence-electron chi connectivity index (χ4n) is 10.2. The van der Waals surface area contributed by atoms with E-state index in [9.17, 15) is 4.21 Å². The zero-order valence-electron chi connectivity index (χ0n) is 34.4. The summed E-state index contributed by atoms with van der Waals surface area (Å²) in [5, 5.41) is 2.58. The van der Waals surface area contributed by atoms with Crippen LogP contribution in [0.25, 0.3) is 0 Å². The highest BCUT2D eigenvalue weighted by Gasteiger charge is 2.52. The third-order valence-corrected chi connectivity index (χ3v) is 24.8. The van der Waals surface area contributed by atoms with E-state index >= 15 is 0 Å². The maximum absolute atomic E-state index is 13.2. The van der Waals surface area contributed by atoms with Crippen molar-refractivity contribution in [2.45, 2.75) is 140 Å². The second-order valence-corrected chi connectivity index (χ2v) is 29.0. The van der Waals surface area contributed by atoms with Crippen molar-refractivity contribution in [1.82, 2.24) is 0 Å². The van der Waals surface area contributed by atoms with Crippen molar-refractivity contribution in [1.29, 1.82) is 0 Å². The Hall–Kier alpha value is -2.14. The van der Waals surface area contributed by atoms with Gasteiger partial charge in [-0.05, 0) is 99.3 Å². The summed E-state index contributed by atoms with van der Waals surface area (Å²) in [5.41, 5.74) is 4.58. The Labute approximate surface area is 327 Å². The Balaban J connectivity index is 1.46. The molecule has 0 saturated heterocycles. The van der Waals surface area contributed by atoms with Crippen molar-refractivity contribution in [3.8, 4) is 0 Å². The van der Waals surface area contributed by atoms with E-state index in [0.29, 0.717) is 47.4 Å². The van der Waals surface area contributed by atoms with Crippen LogP contribution >= 0.6 is 0 Å². The van der Waals surface area contributed by atoms with Crippen LogP contribution in [-0.2, 0) is 24.4 Å². The summed E-state index contributed by atoms with van der Waals surface area (Å²) in [4.78, 5) is 0.870. The summed E-state index contributed by atoms with van der Waals surface area (Å²) in [6.07, 6.45) is 5.30. The van der Waals surface area contributed by atoms with E-state index in [1.807, 2.05) is 30.3 Å². The monoisotopic (exact) mass is 772 g/mol. The Morgan fingerprint density at radius 1 is 0.717 bits per heavy atom. The average molecular weight is 773 g/mol. The Kier molecular flexibility index (Phi) is 14.4. The zero-order chi connectivity index (χ0) is 38.4. The number of hydrogen-bond donors (Lipinski definition) is 0. The zero-order valence-corrected chi connectivity index (χ0v) is 37.2. The first-order valence-corrected chi connectivity index (χ1v) is 25.8. The summed E-state index contributed by atoms with van der Waals surface area (Å²) in [6.45, 7) is 25.1. The van der Waals surface area contributed by atoms with E-state index in [4.69, 9.17) is 13.6 Å². The average Bonchev–Trinajstić information content (AvgIpc) is 3.47. The van der Waals surface area contributed by atoms with Gasteiger partial charge in [-0.25, -0.2) is 0 Å². The molecule has 4 nitrogen and oxygen atoms in total. The van der Waals surface area contributed by atoms with Crippen molar-refractivity contribution < 1.29 is 17.8 Å².